The smallest absolute Gasteiger partial charge is 0.333 e. The number of sulfonamides is 2. The van der Waals surface area contributed by atoms with Crippen molar-refractivity contribution in [1.29, 1.82) is 0 Å². The maximum absolute atomic E-state index is 13.1. The molecule has 1 saturated heterocycles. The lowest BCUT2D eigenvalue weighted by Crippen LogP contribution is -2.32. The third-order valence-corrected chi connectivity index (χ3v) is 16.5. The van der Waals surface area contributed by atoms with Gasteiger partial charge in [0.25, 0.3) is 11.8 Å². The van der Waals surface area contributed by atoms with Crippen LogP contribution in [0.4, 0.5) is 11.4 Å². The first-order valence-corrected chi connectivity index (χ1v) is 24.5. The molecule has 3 heterocycles. The van der Waals surface area contributed by atoms with Gasteiger partial charge in [0, 0.05) is 82.6 Å². The van der Waals surface area contributed by atoms with E-state index in [1.165, 1.54) is 36.8 Å². The first-order valence-electron chi connectivity index (χ1n) is 21.6. The van der Waals surface area contributed by atoms with Gasteiger partial charge in [0.15, 0.2) is 5.71 Å². The Bertz CT molecular complexity index is 2850. The molecule has 3 aromatic rings. The minimum atomic E-state index is -3.64. The van der Waals surface area contributed by atoms with Crippen molar-refractivity contribution in [1.82, 2.24) is 13.7 Å². The van der Waals surface area contributed by atoms with Crippen molar-refractivity contribution in [3.8, 4) is 5.75 Å². The van der Waals surface area contributed by atoms with E-state index in [-0.39, 0.29) is 29.1 Å². The van der Waals surface area contributed by atoms with Gasteiger partial charge >= 0.3 is 5.97 Å². The van der Waals surface area contributed by atoms with E-state index in [2.05, 4.69) is 61.5 Å². The van der Waals surface area contributed by atoms with Crippen LogP contribution in [0.25, 0.3) is 0 Å². The Morgan fingerprint density at radius 3 is 1.98 bits per heavy atom. The van der Waals surface area contributed by atoms with E-state index in [0.717, 1.165) is 69.9 Å². The summed E-state index contributed by atoms with van der Waals surface area (Å²) in [6, 6.07) is 18.0. The molecule has 0 saturated carbocycles. The van der Waals surface area contributed by atoms with Gasteiger partial charge in [-0.05, 0) is 116 Å². The molecule has 2 amide bonds. The molecule has 0 spiro atoms. The number of hydrogen-bond donors (Lipinski definition) is 0. The van der Waals surface area contributed by atoms with E-state index in [0.29, 0.717) is 23.0 Å². The summed E-state index contributed by atoms with van der Waals surface area (Å²) in [6.07, 6.45) is 11.1. The summed E-state index contributed by atoms with van der Waals surface area (Å²) in [5.41, 5.74) is 7.37. The van der Waals surface area contributed by atoms with E-state index >= 15 is 0 Å². The van der Waals surface area contributed by atoms with Gasteiger partial charge in [-0.3, -0.25) is 9.59 Å². The quantitative estimate of drug-likeness (QED) is 0.129. The summed E-state index contributed by atoms with van der Waals surface area (Å²) in [5, 5.41) is 0.557. The molecule has 344 valence electrons. The van der Waals surface area contributed by atoms with Crippen LogP contribution >= 0.6 is 0 Å². The second kappa shape index (κ2) is 17.6. The van der Waals surface area contributed by atoms with Crippen LogP contribution in [-0.4, -0.2) is 101 Å². The molecular weight excluding hydrogens is 867 g/mol. The summed E-state index contributed by atoms with van der Waals surface area (Å²) in [7, 11) is 2.79. The molecule has 0 radical (unpaired) electrons. The zero-order chi connectivity index (χ0) is 47.4. The molecule has 1 aliphatic carbocycles. The Balaban J connectivity index is 1.22. The van der Waals surface area contributed by atoms with Crippen molar-refractivity contribution in [3.63, 3.8) is 0 Å². The van der Waals surface area contributed by atoms with Crippen molar-refractivity contribution in [3.05, 3.63) is 124 Å². The van der Waals surface area contributed by atoms with Crippen molar-refractivity contribution >= 4 is 54.9 Å². The average molecular weight is 925 g/mol. The molecule has 3 aromatic carbocycles. The standard InChI is InChI=1S/C49H58N5O9S2/c1-48(2)38-30-36(64(58,59)50(5)6)21-23-40(38)52(9)42(48)25-17-33-12-11-13-34(18-26-43-49(3,4)39-31-37(65(60,61)51(7)8)22-24-41(39)53(43)10)47(33)62-35-19-14-32(15-20-35)16-29-46(57)63-54-44(55)27-28-45(54)56/h14-15,17-26,30-31H,11-13,16,27-29H2,1-10H3/q+1. The molecule has 0 N–H and O–H groups in total. The second-order valence-electron chi connectivity index (χ2n) is 18.3. The highest BCUT2D eigenvalue weighted by Crippen LogP contribution is 2.48. The van der Waals surface area contributed by atoms with Gasteiger partial charge < -0.3 is 14.5 Å². The van der Waals surface area contributed by atoms with E-state index in [4.69, 9.17) is 9.57 Å². The van der Waals surface area contributed by atoms with Gasteiger partial charge in [-0.1, -0.05) is 32.1 Å². The Morgan fingerprint density at radius 1 is 0.769 bits per heavy atom. The molecular formula is C49H58N5O9S2+. The van der Waals surface area contributed by atoms with E-state index in [9.17, 15) is 31.2 Å². The highest BCUT2D eigenvalue weighted by Gasteiger charge is 2.44. The number of rotatable bonds is 13. The number of amides is 2. The molecule has 0 aromatic heterocycles. The molecule has 65 heavy (non-hydrogen) atoms. The largest absolute Gasteiger partial charge is 0.457 e. The summed E-state index contributed by atoms with van der Waals surface area (Å²) in [6.45, 7) is 8.37. The van der Waals surface area contributed by atoms with Gasteiger partial charge in [0.05, 0.1) is 21.6 Å². The van der Waals surface area contributed by atoms with Crippen LogP contribution in [0.5, 0.6) is 5.75 Å². The van der Waals surface area contributed by atoms with E-state index < -0.39 is 48.7 Å². The lowest BCUT2D eigenvalue weighted by atomic mass is 9.81. The first-order chi connectivity index (χ1) is 30.5. The Kier molecular flexibility index (Phi) is 12.8. The Hall–Kier alpha value is -5.68. The molecule has 14 nitrogen and oxygen atoms in total. The van der Waals surface area contributed by atoms with Crippen LogP contribution < -0.4 is 9.64 Å². The fourth-order valence-corrected chi connectivity index (χ4v) is 10.8. The zero-order valence-corrected chi connectivity index (χ0v) is 40.4. The number of likely N-dealkylation sites (N-methyl/N-ethyl adjacent to an activating group) is 1. The molecule has 3 aliphatic heterocycles. The fraction of sp³-hybridized carbons (Fsp3) is 0.388. The number of carbonyl (C=O) groups excluding carboxylic acids is 3. The second-order valence-corrected chi connectivity index (χ2v) is 22.6. The minimum absolute atomic E-state index is 0.0272. The van der Waals surface area contributed by atoms with Crippen molar-refractivity contribution in [2.24, 2.45) is 0 Å². The van der Waals surface area contributed by atoms with Gasteiger partial charge in [-0.25, -0.2) is 30.2 Å². The van der Waals surface area contributed by atoms with Crippen LogP contribution in [0.1, 0.15) is 82.9 Å². The number of imide groups is 1. The minimum Gasteiger partial charge on any atom is -0.457 e. The van der Waals surface area contributed by atoms with E-state index in [1.807, 2.05) is 50.5 Å². The number of nitrogens with zero attached hydrogens (tertiary/aromatic N) is 5. The molecule has 0 unspecified atom stereocenters. The van der Waals surface area contributed by atoms with Crippen LogP contribution in [0.3, 0.4) is 0 Å². The molecule has 1 fully saturated rings. The number of ether oxygens (including phenoxy) is 1. The summed E-state index contributed by atoms with van der Waals surface area (Å²) >= 11 is 0. The average Bonchev–Trinajstić information content (AvgIpc) is 3.75. The highest BCUT2D eigenvalue weighted by atomic mass is 32.2. The summed E-state index contributed by atoms with van der Waals surface area (Å²) < 4.78 is 63.9. The number of anilines is 1. The lowest BCUT2D eigenvalue weighted by molar-refractivity contribution is -0.401. The van der Waals surface area contributed by atoms with Gasteiger partial charge in [-0.15, -0.1) is 5.06 Å². The molecule has 0 atom stereocenters. The number of fused-ring (bicyclic) bond motifs is 2. The van der Waals surface area contributed by atoms with Crippen molar-refractivity contribution in [2.75, 3.05) is 47.2 Å². The number of hydroxylamine groups is 2. The highest BCUT2D eigenvalue weighted by molar-refractivity contribution is 7.89. The van der Waals surface area contributed by atoms with Crippen LogP contribution in [0, 0.1) is 0 Å². The maximum Gasteiger partial charge on any atom is 0.333 e. The molecule has 16 heteroatoms. The predicted molar refractivity (Wildman–Crippen MR) is 249 cm³/mol. The van der Waals surface area contributed by atoms with Crippen LogP contribution in [0.2, 0.25) is 0 Å². The normalized spacial score (nSPS) is 19.8. The molecule has 4 aliphatic rings. The molecule has 7 rings (SSSR count). The Morgan fingerprint density at radius 2 is 1.37 bits per heavy atom. The van der Waals surface area contributed by atoms with Crippen molar-refractivity contribution in [2.45, 2.75) is 93.3 Å². The monoisotopic (exact) mass is 924 g/mol. The van der Waals surface area contributed by atoms with Crippen LogP contribution in [0.15, 0.2) is 117 Å². The Labute approximate surface area is 382 Å². The van der Waals surface area contributed by atoms with Crippen LogP contribution in [-0.2, 0) is 56.5 Å². The topological polar surface area (TPSA) is 154 Å². The fourth-order valence-electron chi connectivity index (χ4n) is 8.98. The molecule has 0 bridgehead atoms. The van der Waals surface area contributed by atoms with E-state index in [1.54, 1.807) is 24.3 Å². The third-order valence-electron chi connectivity index (χ3n) is 12.9. The summed E-state index contributed by atoms with van der Waals surface area (Å²) in [5.74, 6) is -0.431. The number of allylic oxidation sites excluding steroid dienone is 7. The van der Waals surface area contributed by atoms with Crippen molar-refractivity contribution < 1.29 is 45.4 Å². The first kappa shape index (κ1) is 47.3. The number of carbonyl (C=O) groups is 3. The number of hydrogen-bond acceptors (Lipinski definition) is 10. The van der Waals surface area contributed by atoms with Gasteiger partial charge in [0.2, 0.25) is 25.7 Å². The van der Waals surface area contributed by atoms with Gasteiger partial charge in [0.1, 0.15) is 18.6 Å². The lowest BCUT2D eigenvalue weighted by Gasteiger charge is -2.25. The van der Waals surface area contributed by atoms with Gasteiger partial charge in [-0.2, -0.15) is 4.58 Å². The number of aryl methyl sites for hydroxylation is 1. The SMILES string of the molecule is CN1/C(=C/C=C2\CCCC(/C=C/C3=[N+](C)c4ccc(S(=O)(=O)N(C)C)cc4C3(C)C)=C2Oc2ccc(CCC(=O)ON3C(=O)CCC3=O)cc2)C(C)(C)c2cc(S(=O)(=O)N(C)C)ccc21. The number of benzene rings is 3. The zero-order valence-electron chi connectivity index (χ0n) is 38.8. The third kappa shape index (κ3) is 8.88. The predicted octanol–water partition coefficient (Wildman–Crippen LogP) is 7.04. The maximum atomic E-state index is 13.1. The summed E-state index contributed by atoms with van der Waals surface area (Å²) in [4.78, 5) is 43.9.